The van der Waals surface area contributed by atoms with E-state index in [0.29, 0.717) is 18.5 Å². The first-order chi connectivity index (χ1) is 5.90. The van der Waals surface area contributed by atoms with Gasteiger partial charge in [-0.1, -0.05) is 5.16 Å². The Labute approximate surface area is 70.1 Å². The van der Waals surface area contributed by atoms with E-state index in [1.807, 2.05) is 0 Å². The molecule has 0 aliphatic carbocycles. The highest BCUT2D eigenvalue weighted by molar-refractivity contribution is 5.17. The van der Waals surface area contributed by atoms with Crippen molar-refractivity contribution >= 4 is 6.01 Å². The number of anilines is 1. The Morgan fingerprint density at radius 3 is 3.08 bits per heavy atom. The van der Waals surface area contributed by atoms with E-state index in [4.69, 9.17) is 9.26 Å². The summed E-state index contributed by atoms with van der Waals surface area (Å²) in [5, 5.41) is 6.63. The highest BCUT2D eigenvalue weighted by Crippen LogP contribution is 2.22. The van der Waals surface area contributed by atoms with Crippen molar-refractivity contribution in [1.29, 1.82) is 0 Å². The molecule has 12 heavy (non-hydrogen) atoms. The summed E-state index contributed by atoms with van der Waals surface area (Å²) in [6, 6.07) is 0.469. The highest BCUT2D eigenvalue weighted by atomic mass is 16.5. The minimum absolute atomic E-state index is 0.316. The van der Waals surface area contributed by atoms with Gasteiger partial charge in [0, 0.05) is 19.6 Å². The Balaban J connectivity index is 2.11. The molecule has 1 saturated heterocycles. The van der Waals surface area contributed by atoms with Crippen molar-refractivity contribution in [2.45, 2.75) is 12.3 Å². The summed E-state index contributed by atoms with van der Waals surface area (Å²) in [6.45, 7) is 1.51. The molecular formula is C7H11N3O2. The predicted octanol–water partition coefficient (Wildman–Crippen LogP) is 0.615. The second kappa shape index (κ2) is 3.10. The lowest BCUT2D eigenvalue weighted by Crippen LogP contribution is -1.99. The van der Waals surface area contributed by atoms with E-state index in [9.17, 15) is 0 Å². The zero-order chi connectivity index (χ0) is 8.39. The van der Waals surface area contributed by atoms with E-state index in [1.165, 1.54) is 0 Å². The average Bonchev–Trinajstić information content (AvgIpc) is 2.75. The van der Waals surface area contributed by atoms with Crippen molar-refractivity contribution in [3.8, 4) is 0 Å². The summed E-state index contributed by atoms with van der Waals surface area (Å²) in [5.41, 5.74) is 0. The molecule has 1 aliphatic heterocycles. The van der Waals surface area contributed by atoms with E-state index in [0.717, 1.165) is 18.9 Å². The molecule has 1 aromatic rings. The lowest BCUT2D eigenvalue weighted by atomic mass is 10.1. The Morgan fingerprint density at radius 1 is 1.58 bits per heavy atom. The van der Waals surface area contributed by atoms with Gasteiger partial charge in [-0.3, -0.25) is 0 Å². The van der Waals surface area contributed by atoms with Crippen LogP contribution in [0, 0.1) is 0 Å². The van der Waals surface area contributed by atoms with E-state index in [2.05, 4.69) is 15.5 Å². The fourth-order valence-electron chi connectivity index (χ4n) is 1.24. The van der Waals surface area contributed by atoms with Crippen LogP contribution < -0.4 is 5.32 Å². The Bertz CT molecular complexity index is 255. The number of nitrogens with one attached hydrogen (secondary N) is 1. The topological polar surface area (TPSA) is 60.2 Å². The molecule has 66 valence electrons. The third-order valence-electron chi connectivity index (χ3n) is 1.95. The molecule has 0 aromatic carbocycles. The smallest absolute Gasteiger partial charge is 0.321 e. The van der Waals surface area contributed by atoms with Gasteiger partial charge >= 0.3 is 6.01 Å². The SMILES string of the molecule is CNc1nc(C2CCOC2)no1. The molecule has 1 aliphatic rings. The molecule has 1 fully saturated rings. The maximum absolute atomic E-state index is 5.21. The molecule has 1 aromatic heterocycles. The van der Waals surface area contributed by atoms with Gasteiger partial charge in [0.15, 0.2) is 5.82 Å². The quantitative estimate of drug-likeness (QED) is 0.703. The summed E-state index contributed by atoms with van der Waals surface area (Å²) in [6.07, 6.45) is 0.989. The second-order valence-corrected chi connectivity index (χ2v) is 2.77. The molecule has 1 unspecified atom stereocenters. The Kier molecular flexibility index (Phi) is 1.95. The first kappa shape index (κ1) is 7.54. The van der Waals surface area contributed by atoms with Gasteiger partial charge in [-0.05, 0) is 6.42 Å². The maximum Gasteiger partial charge on any atom is 0.321 e. The molecule has 0 spiro atoms. The molecule has 2 heterocycles. The van der Waals surface area contributed by atoms with Gasteiger partial charge in [0.25, 0.3) is 0 Å². The normalized spacial score (nSPS) is 22.9. The first-order valence-electron chi connectivity index (χ1n) is 3.99. The predicted molar refractivity (Wildman–Crippen MR) is 42.0 cm³/mol. The lowest BCUT2D eigenvalue weighted by Gasteiger charge is -1.97. The van der Waals surface area contributed by atoms with Crippen LogP contribution >= 0.6 is 0 Å². The van der Waals surface area contributed by atoms with Crippen molar-refractivity contribution in [1.82, 2.24) is 10.1 Å². The number of hydrogen-bond acceptors (Lipinski definition) is 5. The highest BCUT2D eigenvalue weighted by Gasteiger charge is 2.22. The molecule has 5 heteroatoms. The molecule has 5 nitrogen and oxygen atoms in total. The number of hydrogen-bond donors (Lipinski definition) is 1. The van der Waals surface area contributed by atoms with Crippen molar-refractivity contribution in [2.75, 3.05) is 25.6 Å². The first-order valence-corrected chi connectivity index (χ1v) is 3.99. The fourth-order valence-corrected chi connectivity index (χ4v) is 1.24. The largest absolute Gasteiger partial charge is 0.381 e. The molecule has 0 saturated carbocycles. The van der Waals surface area contributed by atoms with Crippen molar-refractivity contribution in [3.05, 3.63) is 5.82 Å². The lowest BCUT2D eigenvalue weighted by molar-refractivity contribution is 0.192. The fraction of sp³-hybridized carbons (Fsp3) is 0.714. The zero-order valence-corrected chi connectivity index (χ0v) is 6.91. The number of rotatable bonds is 2. The van der Waals surface area contributed by atoms with Crippen LogP contribution in [0.2, 0.25) is 0 Å². The molecule has 1 N–H and O–H groups in total. The summed E-state index contributed by atoms with van der Waals surface area (Å²) in [5.74, 6) is 1.06. The Morgan fingerprint density at radius 2 is 2.50 bits per heavy atom. The van der Waals surface area contributed by atoms with Crippen molar-refractivity contribution < 1.29 is 9.26 Å². The van der Waals surface area contributed by atoms with Gasteiger partial charge in [0.1, 0.15) is 0 Å². The zero-order valence-electron chi connectivity index (χ0n) is 6.91. The summed E-state index contributed by atoms with van der Waals surface area (Å²) < 4.78 is 10.1. The van der Waals surface area contributed by atoms with Gasteiger partial charge in [0.05, 0.1) is 6.61 Å². The van der Waals surface area contributed by atoms with Crippen LogP contribution in [-0.2, 0) is 4.74 Å². The third-order valence-corrected chi connectivity index (χ3v) is 1.95. The van der Waals surface area contributed by atoms with Crippen LogP contribution in [0.1, 0.15) is 18.2 Å². The molecular weight excluding hydrogens is 158 g/mol. The van der Waals surface area contributed by atoms with E-state index in [-0.39, 0.29) is 0 Å². The van der Waals surface area contributed by atoms with E-state index >= 15 is 0 Å². The van der Waals surface area contributed by atoms with Crippen LogP contribution in [0.25, 0.3) is 0 Å². The van der Waals surface area contributed by atoms with Crippen molar-refractivity contribution in [2.24, 2.45) is 0 Å². The maximum atomic E-state index is 5.21. The minimum atomic E-state index is 0.316. The van der Waals surface area contributed by atoms with E-state index in [1.54, 1.807) is 7.05 Å². The molecule has 1 atom stereocenters. The summed E-state index contributed by atoms with van der Waals surface area (Å²) >= 11 is 0. The molecule has 0 amide bonds. The van der Waals surface area contributed by atoms with Crippen LogP contribution in [0.3, 0.4) is 0 Å². The number of aromatic nitrogens is 2. The summed E-state index contributed by atoms with van der Waals surface area (Å²) in [4.78, 5) is 4.14. The van der Waals surface area contributed by atoms with E-state index < -0.39 is 0 Å². The van der Waals surface area contributed by atoms with Crippen LogP contribution in [0.4, 0.5) is 6.01 Å². The van der Waals surface area contributed by atoms with Gasteiger partial charge < -0.3 is 14.6 Å². The second-order valence-electron chi connectivity index (χ2n) is 2.77. The Hall–Kier alpha value is -1.10. The van der Waals surface area contributed by atoms with Crippen LogP contribution in [-0.4, -0.2) is 30.4 Å². The molecule has 0 radical (unpaired) electrons. The van der Waals surface area contributed by atoms with Crippen molar-refractivity contribution in [3.63, 3.8) is 0 Å². The van der Waals surface area contributed by atoms with Gasteiger partial charge in [-0.2, -0.15) is 4.98 Å². The molecule has 0 bridgehead atoms. The van der Waals surface area contributed by atoms with Gasteiger partial charge in [0.2, 0.25) is 0 Å². The standard InChI is InChI=1S/C7H11N3O2/c1-8-7-9-6(10-12-7)5-2-3-11-4-5/h5H,2-4H2,1H3,(H,8,9,10). The van der Waals surface area contributed by atoms with Gasteiger partial charge in [-0.15, -0.1) is 0 Å². The van der Waals surface area contributed by atoms with Crippen LogP contribution in [0.15, 0.2) is 4.52 Å². The summed E-state index contributed by atoms with van der Waals surface area (Å²) in [7, 11) is 1.75. The van der Waals surface area contributed by atoms with Crippen LogP contribution in [0.5, 0.6) is 0 Å². The monoisotopic (exact) mass is 169 g/mol. The number of ether oxygens (including phenoxy) is 1. The third kappa shape index (κ3) is 1.27. The average molecular weight is 169 g/mol. The molecule has 2 rings (SSSR count). The number of nitrogens with zero attached hydrogens (tertiary/aromatic N) is 2. The van der Waals surface area contributed by atoms with Gasteiger partial charge in [-0.25, -0.2) is 0 Å². The minimum Gasteiger partial charge on any atom is -0.381 e.